The summed E-state index contributed by atoms with van der Waals surface area (Å²) in [6, 6.07) is 3.62. The Morgan fingerprint density at radius 2 is 1.64 bits per heavy atom. The SMILES string of the molecule is Cc1ccc(OB(O)O)c(C)c1C.P. The first-order valence-corrected chi connectivity index (χ1v) is 4.12. The third-order valence-corrected chi connectivity index (χ3v) is 2.24. The highest BCUT2D eigenvalue weighted by Gasteiger charge is 2.13. The Bertz CT molecular complexity index is 315. The van der Waals surface area contributed by atoms with Gasteiger partial charge in [-0.05, 0) is 43.5 Å². The van der Waals surface area contributed by atoms with Crippen LogP contribution in [0.3, 0.4) is 0 Å². The zero-order chi connectivity index (χ0) is 10.0. The van der Waals surface area contributed by atoms with Gasteiger partial charge in [-0.15, -0.1) is 0 Å². The first-order valence-electron chi connectivity index (χ1n) is 4.12. The quantitative estimate of drug-likeness (QED) is 0.570. The third-order valence-electron chi connectivity index (χ3n) is 2.24. The summed E-state index contributed by atoms with van der Waals surface area (Å²) in [7, 11) is -1.75. The number of hydrogen-bond donors (Lipinski definition) is 2. The summed E-state index contributed by atoms with van der Waals surface area (Å²) in [4.78, 5) is 0. The zero-order valence-corrected chi connectivity index (χ0v) is 10.2. The minimum absolute atomic E-state index is 0. The molecule has 0 aliphatic rings. The molecule has 5 heteroatoms. The van der Waals surface area contributed by atoms with Crippen LogP contribution in [-0.4, -0.2) is 17.4 Å². The normalized spacial score (nSPS) is 9.21. The Labute approximate surface area is 87.9 Å². The van der Waals surface area contributed by atoms with E-state index in [1.165, 1.54) is 0 Å². The first-order chi connectivity index (χ1) is 6.02. The van der Waals surface area contributed by atoms with Crippen molar-refractivity contribution in [2.75, 3.05) is 0 Å². The van der Waals surface area contributed by atoms with Crippen LogP contribution in [0.2, 0.25) is 0 Å². The van der Waals surface area contributed by atoms with Gasteiger partial charge in [-0.1, -0.05) is 6.07 Å². The summed E-state index contributed by atoms with van der Waals surface area (Å²) >= 11 is 0. The van der Waals surface area contributed by atoms with Crippen molar-refractivity contribution in [3.05, 3.63) is 28.8 Å². The van der Waals surface area contributed by atoms with Crippen molar-refractivity contribution >= 4 is 17.2 Å². The maximum Gasteiger partial charge on any atom is 0.707 e. The summed E-state index contributed by atoms with van der Waals surface area (Å²) in [5.41, 5.74) is 3.21. The third kappa shape index (κ3) is 2.98. The second-order valence-corrected chi connectivity index (χ2v) is 3.07. The van der Waals surface area contributed by atoms with E-state index in [1.807, 2.05) is 26.8 Å². The molecule has 0 heterocycles. The average molecular weight is 214 g/mol. The molecule has 3 nitrogen and oxygen atoms in total. The highest BCUT2D eigenvalue weighted by Crippen LogP contribution is 2.23. The van der Waals surface area contributed by atoms with Crippen LogP contribution in [0.25, 0.3) is 0 Å². The lowest BCUT2D eigenvalue weighted by Gasteiger charge is -2.11. The molecular weight excluding hydrogens is 198 g/mol. The van der Waals surface area contributed by atoms with Crippen molar-refractivity contribution in [1.82, 2.24) is 0 Å². The van der Waals surface area contributed by atoms with Crippen molar-refractivity contribution in [2.24, 2.45) is 0 Å². The van der Waals surface area contributed by atoms with E-state index in [-0.39, 0.29) is 9.90 Å². The van der Waals surface area contributed by atoms with Crippen LogP contribution in [0.5, 0.6) is 5.75 Å². The van der Waals surface area contributed by atoms with Crippen LogP contribution < -0.4 is 4.65 Å². The molecule has 0 saturated carbocycles. The Morgan fingerprint density at radius 1 is 1.07 bits per heavy atom. The molecule has 0 spiro atoms. The van der Waals surface area contributed by atoms with Crippen LogP contribution in [0.4, 0.5) is 0 Å². The standard InChI is InChI=1S/C9H13BO3.H3P/c1-6-4-5-9(13-10(11)12)8(3)7(6)2;/h4-5,11-12H,1-3H3;1H3. The van der Waals surface area contributed by atoms with Crippen LogP contribution in [0.15, 0.2) is 12.1 Å². The Balaban J connectivity index is 0.00000169. The second-order valence-electron chi connectivity index (χ2n) is 3.07. The van der Waals surface area contributed by atoms with Crippen LogP contribution in [0, 0.1) is 20.8 Å². The minimum Gasteiger partial charge on any atom is -0.512 e. The minimum atomic E-state index is -1.75. The van der Waals surface area contributed by atoms with Gasteiger partial charge in [-0.2, -0.15) is 9.90 Å². The number of aryl methyl sites for hydroxylation is 1. The Hall–Kier alpha value is -0.565. The molecule has 1 rings (SSSR count). The van der Waals surface area contributed by atoms with Gasteiger partial charge in [0.1, 0.15) is 5.75 Å². The van der Waals surface area contributed by atoms with Gasteiger partial charge in [0.15, 0.2) is 0 Å². The van der Waals surface area contributed by atoms with Gasteiger partial charge in [-0.3, -0.25) is 0 Å². The lowest BCUT2D eigenvalue weighted by atomic mass is 10.0. The molecule has 0 aromatic heterocycles. The fraction of sp³-hybridized carbons (Fsp3) is 0.333. The van der Waals surface area contributed by atoms with E-state index in [4.69, 9.17) is 14.7 Å². The monoisotopic (exact) mass is 214 g/mol. The summed E-state index contributed by atoms with van der Waals surface area (Å²) < 4.78 is 4.79. The van der Waals surface area contributed by atoms with Gasteiger partial charge in [-0.25, -0.2) is 0 Å². The van der Waals surface area contributed by atoms with E-state index in [9.17, 15) is 0 Å². The number of benzene rings is 1. The van der Waals surface area contributed by atoms with Crippen molar-refractivity contribution in [3.8, 4) is 5.75 Å². The van der Waals surface area contributed by atoms with E-state index in [2.05, 4.69) is 0 Å². The fourth-order valence-corrected chi connectivity index (χ4v) is 1.17. The lowest BCUT2D eigenvalue weighted by molar-refractivity contribution is 0.287. The molecule has 1 aromatic carbocycles. The van der Waals surface area contributed by atoms with E-state index in [0.29, 0.717) is 5.75 Å². The molecule has 0 saturated heterocycles. The summed E-state index contributed by atoms with van der Waals surface area (Å²) in [6.07, 6.45) is 0. The summed E-state index contributed by atoms with van der Waals surface area (Å²) in [5.74, 6) is 0.512. The Kier molecular flexibility index (Phi) is 5.13. The topological polar surface area (TPSA) is 49.7 Å². The zero-order valence-electron chi connectivity index (χ0n) is 8.74. The molecule has 0 fully saturated rings. The molecule has 0 aliphatic carbocycles. The average Bonchev–Trinajstić information content (AvgIpc) is 2.06. The molecule has 2 N–H and O–H groups in total. The highest BCUT2D eigenvalue weighted by atomic mass is 31.0. The molecule has 0 bridgehead atoms. The number of hydrogen-bond acceptors (Lipinski definition) is 3. The predicted octanol–water partition coefficient (Wildman–Crippen LogP) is 1.02. The molecule has 0 radical (unpaired) electrons. The molecular formula is C9H16BO3P. The van der Waals surface area contributed by atoms with E-state index >= 15 is 0 Å². The first kappa shape index (κ1) is 13.4. The highest BCUT2D eigenvalue weighted by molar-refractivity contribution is 6.92. The Morgan fingerprint density at radius 3 is 2.14 bits per heavy atom. The number of rotatable bonds is 2. The smallest absolute Gasteiger partial charge is 0.512 e. The van der Waals surface area contributed by atoms with E-state index in [0.717, 1.165) is 16.7 Å². The summed E-state index contributed by atoms with van der Waals surface area (Å²) in [6.45, 7) is 5.86. The molecule has 0 amide bonds. The fourth-order valence-electron chi connectivity index (χ4n) is 1.17. The molecule has 1 atom stereocenters. The van der Waals surface area contributed by atoms with Gasteiger partial charge in [0.2, 0.25) is 0 Å². The summed E-state index contributed by atoms with van der Waals surface area (Å²) in [5, 5.41) is 17.2. The molecule has 1 unspecified atom stereocenters. The largest absolute Gasteiger partial charge is 0.707 e. The van der Waals surface area contributed by atoms with Crippen molar-refractivity contribution in [1.29, 1.82) is 0 Å². The van der Waals surface area contributed by atoms with Crippen molar-refractivity contribution < 1.29 is 14.7 Å². The van der Waals surface area contributed by atoms with Gasteiger partial charge < -0.3 is 14.7 Å². The van der Waals surface area contributed by atoms with E-state index in [1.54, 1.807) is 6.07 Å². The van der Waals surface area contributed by atoms with Crippen molar-refractivity contribution in [3.63, 3.8) is 0 Å². The molecule has 14 heavy (non-hydrogen) atoms. The van der Waals surface area contributed by atoms with Crippen LogP contribution in [0.1, 0.15) is 16.7 Å². The molecule has 0 aliphatic heterocycles. The maximum absolute atomic E-state index is 8.62. The van der Waals surface area contributed by atoms with E-state index < -0.39 is 7.32 Å². The molecule has 78 valence electrons. The van der Waals surface area contributed by atoms with Gasteiger partial charge >= 0.3 is 7.32 Å². The lowest BCUT2D eigenvalue weighted by Crippen LogP contribution is -2.21. The van der Waals surface area contributed by atoms with Crippen LogP contribution >= 0.6 is 9.90 Å². The van der Waals surface area contributed by atoms with Gasteiger partial charge in [0.25, 0.3) is 0 Å². The van der Waals surface area contributed by atoms with Crippen LogP contribution in [-0.2, 0) is 0 Å². The second kappa shape index (κ2) is 5.35. The van der Waals surface area contributed by atoms with Gasteiger partial charge in [0.05, 0.1) is 0 Å². The van der Waals surface area contributed by atoms with Crippen molar-refractivity contribution in [2.45, 2.75) is 20.8 Å². The predicted molar refractivity (Wildman–Crippen MR) is 62.6 cm³/mol. The van der Waals surface area contributed by atoms with Gasteiger partial charge in [0, 0.05) is 0 Å². The maximum atomic E-state index is 8.62. The molecule has 1 aromatic rings.